The quantitative estimate of drug-likeness (QED) is 0.582. The maximum Gasteiger partial charge on any atom is 0.350 e. The van der Waals surface area contributed by atoms with E-state index in [4.69, 9.17) is 4.74 Å². The number of aromatic nitrogens is 1. The molecule has 1 aromatic carbocycles. The number of carbonyl (C=O) groups excluding carboxylic acids is 3. The van der Waals surface area contributed by atoms with E-state index >= 15 is 0 Å². The fourth-order valence-corrected chi connectivity index (χ4v) is 4.91. The van der Waals surface area contributed by atoms with Gasteiger partial charge in [0, 0.05) is 18.5 Å². The summed E-state index contributed by atoms with van der Waals surface area (Å²) in [5.74, 6) is -0.756. The fraction of sp³-hybridized carbons (Fsp3) is 0.520. The van der Waals surface area contributed by atoms with Gasteiger partial charge >= 0.3 is 5.97 Å². The molecule has 0 saturated carbocycles. The van der Waals surface area contributed by atoms with Crippen LogP contribution in [0.2, 0.25) is 0 Å². The molecule has 178 valence electrons. The van der Waals surface area contributed by atoms with Crippen molar-refractivity contribution in [2.75, 3.05) is 24.6 Å². The number of hydrogen-bond acceptors (Lipinski definition) is 6. The Kier molecular flexibility index (Phi) is 7.89. The zero-order valence-corrected chi connectivity index (χ0v) is 20.9. The third-order valence-electron chi connectivity index (χ3n) is 5.63. The lowest BCUT2D eigenvalue weighted by molar-refractivity contribution is -0.142. The van der Waals surface area contributed by atoms with Gasteiger partial charge in [0.05, 0.1) is 24.8 Å². The standard InChI is InChI=1S/C25H33N3O4S/c1-6-32-22(30)20-17(2)26-24(33-20)28(15-18-11-8-7-9-12-18)21(29)19-13-10-14-27(16-19)23(31)25(3,4)5/h7-9,11-12,19H,6,10,13-16H2,1-5H3. The maximum atomic E-state index is 13.8. The summed E-state index contributed by atoms with van der Waals surface area (Å²) in [6.07, 6.45) is 1.50. The molecular formula is C25H33N3O4S. The molecule has 2 heterocycles. The van der Waals surface area contributed by atoms with Crippen LogP contribution in [0.5, 0.6) is 0 Å². The van der Waals surface area contributed by atoms with Gasteiger partial charge in [-0.05, 0) is 32.3 Å². The van der Waals surface area contributed by atoms with Crippen molar-refractivity contribution in [1.82, 2.24) is 9.88 Å². The predicted octanol–water partition coefficient (Wildman–Crippen LogP) is 4.45. The van der Waals surface area contributed by atoms with Crippen LogP contribution in [0.15, 0.2) is 30.3 Å². The van der Waals surface area contributed by atoms with E-state index in [9.17, 15) is 14.4 Å². The SMILES string of the molecule is CCOC(=O)c1sc(N(Cc2ccccc2)C(=O)C2CCCN(C(=O)C(C)(C)C)C2)nc1C. The van der Waals surface area contributed by atoms with E-state index < -0.39 is 11.4 Å². The van der Waals surface area contributed by atoms with E-state index in [1.807, 2.05) is 56.0 Å². The molecule has 7 nitrogen and oxygen atoms in total. The molecular weight excluding hydrogens is 438 g/mol. The van der Waals surface area contributed by atoms with Gasteiger partial charge in [-0.25, -0.2) is 9.78 Å². The van der Waals surface area contributed by atoms with Crippen molar-refractivity contribution in [3.63, 3.8) is 0 Å². The minimum absolute atomic E-state index is 0.0595. The zero-order chi connectivity index (χ0) is 24.2. The number of anilines is 1. The van der Waals surface area contributed by atoms with Crippen LogP contribution in [-0.4, -0.2) is 47.4 Å². The highest BCUT2D eigenvalue weighted by molar-refractivity contribution is 7.17. The van der Waals surface area contributed by atoms with Crippen LogP contribution in [0.4, 0.5) is 5.13 Å². The normalized spacial score (nSPS) is 16.4. The van der Waals surface area contributed by atoms with Gasteiger partial charge in [-0.1, -0.05) is 62.4 Å². The number of likely N-dealkylation sites (tertiary alicyclic amines) is 1. The smallest absolute Gasteiger partial charge is 0.350 e. The molecule has 2 aromatic rings. The van der Waals surface area contributed by atoms with Gasteiger partial charge in [0.1, 0.15) is 4.88 Å². The van der Waals surface area contributed by atoms with Crippen molar-refractivity contribution in [1.29, 1.82) is 0 Å². The molecule has 1 atom stereocenters. The number of ether oxygens (including phenoxy) is 1. The second-order valence-electron chi connectivity index (χ2n) is 9.38. The van der Waals surface area contributed by atoms with Crippen LogP contribution < -0.4 is 4.90 Å². The molecule has 1 aromatic heterocycles. The number of aryl methyl sites for hydroxylation is 1. The Bertz CT molecular complexity index is 997. The average molecular weight is 472 g/mol. The summed E-state index contributed by atoms with van der Waals surface area (Å²) >= 11 is 1.18. The molecule has 3 rings (SSSR count). The van der Waals surface area contributed by atoms with E-state index in [-0.39, 0.29) is 24.3 Å². The lowest BCUT2D eigenvalue weighted by Crippen LogP contribution is -2.49. The Morgan fingerprint density at radius 1 is 1.21 bits per heavy atom. The van der Waals surface area contributed by atoms with Gasteiger partial charge in [0.2, 0.25) is 11.8 Å². The molecule has 1 fully saturated rings. The van der Waals surface area contributed by atoms with Gasteiger partial charge in [-0.3, -0.25) is 14.5 Å². The van der Waals surface area contributed by atoms with E-state index in [0.29, 0.717) is 41.8 Å². The van der Waals surface area contributed by atoms with Gasteiger partial charge in [-0.15, -0.1) is 0 Å². The van der Waals surface area contributed by atoms with Crippen molar-refractivity contribution in [3.8, 4) is 0 Å². The van der Waals surface area contributed by atoms with Crippen LogP contribution in [0.1, 0.15) is 61.5 Å². The second-order valence-corrected chi connectivity index (χ2v) is 10.4. The van der Waals surface area contributed by atoms with Crippen LogP contribution >= 0.6 is 11.3 Å². The van der Waals surface area contributed by atoms with Crippen molar-refractivity contribution in [3.05, 3.63) is 46.5 Å². The van der Waals surface area contributed by atoms with E-state index in [1.165, 1.54) is 11.3 Å². The molecule has 1 aliphatic rings. The second kappa shape index (κ2) is 10.5. The number of amides is 2. The van der Waals surface area contributed by atoms with Crippen molar-refractivity contribution in [2.45, 2.75) is 54.0 Å². The minimum Gasteiger partial charge on any atom is -0.462 e. The zero-order valence-electron chi connectivity index (χ0n) is 20.1. The number of hydrogen-bond donors (Lipinski definition) is 0. The molecule has 0 N–H and O–H groups in total. The van der Waals surface area contributed by atoms with E-state index in [1.54, 1.807) is 18.7 Å². The molecule has 2 amide bonds. The Morgan fingerprint density at radius 3 is 2.55 bits per heavy atom. The number of piperidine rings is 1. The lowest BCUT2D eigenvalue weighted by Gasteiger charge is -2.37. The molecule has 33 heavy (non-hydrogen) atoms. The molecule has 1 unspecified atom stereocenters. The first-order valence-electron chi connectivity index (χ1n) is 11.4. The Labute approximate surface area is 199 Å². The van der Waals surface area contributed by atoms with E-state index in [2.05, 4.69) is 4.98 Å². The van der Waals surface area contributed by atoms with E-state index in [0.717, 1.165) is 12.0 Å². The average Bonchev–Trinajstić information content (AvgIpc) is 3.18. The fourth-order valence-electron chi connectivity index (χ4n) is 3.95. The first-order valence-corrected chi connectivity index (χ1v) is 12.2. The summed E-state index contributed by atoms with van der Waals surface area (Å²) < 4.78 is 5.15. The third-order valence-corrected chi connectivity index (χ3v) is 6.79. The number of carbonyl (C=O) groups is 3. The number of rotatable bonds is 6. The first-order chi connectivity index (χ1) is 15.6. The molecule has 1 saturated heterocycles. The van der Waals surface area contributed by atoms with Crippen molar-refractivity contribution < 1.29 is 19.1 Å². The summed E-state index contributed by atoms with van der Waals surface area (Å²) in [6.45, 7) is 10.9. The highest BCUT2D eigenvalue weighted by atomic mass is 32.1. The molecule has 0 spiro atoms. The first kappa shape index (κ1) is 24.9. The Balaban J connectivity index is 1.90. The lowest BCUT2D eigenvalue weighted by atomic mass is 9.90. The molecule has 0 bridgehead atoms. The maximum absolute atomic E-state index is 13.8. The van der Waals surface area contributed by atoms with Crippen LogP contribution in [0, 0.1) is 18.3 Å². The summed E-state index contributed by atoms with van der Waals surface area (Å²) in [5, 5.41) is 0.476. The highest BCUT2D eigenvalue weighted by Crippen LogP contribution is 2.31. The molecule has 1 aliphatic heterocycles. The van der Waals surface area contributed by atoms with Gasteiger partial charge < -0.3 is 9.64 Å². The van der Waals surface area contributed by atoms with Crippen molar-refractivity contribution in [2.24, 2.45) is 11.3 Å². The summed E-state index contributed by atoms with van der Waals surface area (Å²) in [5.41, 5.74) is 1.03. The Morgan fingerprint density at radius 2 is 1.91 bits per heavy atom. The Hall–Kier alpha value is -2.74. The monoisotopic (exact) mass is 471 g/mol. The molecule has 0 aliphatic carbocycles. The van der Waals surface area contributed by atoms with Gasteiger partial charge in [0.25, 0.3) is 0 Å². The van der Waals surface area contributed by atoms with Gasteiger partial charge in [0.15, 0.2) is 5.13 Å². The number of nitrogens with zero attached hydrogens (tertiary/aromatic N) is 3. The molecule has 8 heteroatoms. The number of benzene rings is 1. The predicted molar refractivity (Wildman–Crippen MR) is 129 cm³/mol. The number of esters is 1. The minimum atomic E-state index is -0.490. The van der Waals surface area contributed by atoms with Crippen LogP contribution in [0.3, 0.4) is 0 Å². The van der Waals surface area contributed by atoms with Crippen LogP contribution in [-0.2, 0) is 20.9 Å². The van der Waals surface area contributed by atoms with Gasteiger partial charge in [-0.2, -0.15) is 0 Å². The van der Waals surface area contributed by atoms with Crippen molar-refractivity contribution >= 4 is 34.3 Å². The summed E-state index contributed by atoms with van der Waals surface area (Å²) in [6, 6.07) is 9.71. The topological polar surface area (TPSA) is 79.8 Å². The highest BCUT2D eigenvalue weighted by Gasteiger charge is 2.36. The third kappa shape index (κ3) is 5.99. The van der Waals surface area contributed by atoms with Crippen LogP contribution in [0.25, 0.3) is 0 Å². The largest absolute Gasteiger partial charge is 0.462 e. The number of thiazole rings is 1. The summed E-state index contributed by atoms with van der Waals surface area (Å²) in [4.78, 5) is 47.4. The molecule has 0 radical (unpaired) electrons. The summed E-state index contributed by atoms with van der Waals surface area (Å²) in [7, 11) is 0.